The van der Waals surface area contributed by atoms with E-state index in [1.54, 1.807) is 18.2 Å². The Morgan fingerprint density at radius 2 is 1.95 bits per heavy atom. The van der Waals surface area contributed by atoms with Crippen LogP contribution in [0.5, 0.6) is 0 Å². The molecule has 0 bridgehead atoms. The van der Waals surface area contributed by atoms with Gasteiger partial charge in [-0.2, -0.15) is 0 Å². The summed E-state index contributed by atoms with van der Waals surface area (Å²) < 4.78 is 12.5. The van der Waals surface area contributed by atoms with E-state index in [4.69, 9.17) is 23.2 Å². The average Bonchev–Trinajstić information content (AvgIpc) is 2.48. The Balaban J connectivity index is 2.02. The fourth-order valence-electron chi connectivity index (χ4n) is 2.87. The molecule has 1 fully saturated rings. The van der Waals surface area contributed by atoms with Crippen molar-refractivity contribution < 1.29 is 4.21 Å². The topological polar surface area (TPSA) is 29.1 Å². The average molecular weight is 334 g/mol. The Bertz CT molecular complexity index is 475. The quantitative estimate of drug-likeness (QED) is 0.871. The van der Waals surface area contributed by atoms with Gasteiger partial charge in [-0.3, -0.25) is 4.21 Å². The molecule has 0 amide bonds. The molecule has 1 N–H and O–H groups in total. The fourth-order valence-corrected chi connectivity index (χ4v) is 4.66. The molecule has 0 radical (unpaired) electrons. The molecule has 1 aliphatic carbocycles. The third-order valence-electron chi connectivity index (χ3n) is 4.07. The molecule has 1 aliphatic rings. The second-order valence-electron chi connectivity index (χ2n) is 5.38. The lowest BCUT2D eigenvalue weighted by atomic mass is 9.84. The Morgan fingerprint density at radius 3 is 2.55 bits per heavy atom. The van der Waals surface area contributed by atoms with Crippen LogP contribution < -0.4 is 5.32 Å². The maximum absolute atomic E-state index is 12.5. The molecule has 2 nitrogen and oxygen atoms in total. The van der Waals surface area contributed by atoms with Gasteiger partial charge in [-0.1, -0.05) is 42.5 Å². The summed E-state index contributed by atoms with van der Waals surface area (Å²) in [5, 5.41) is 4.32. The van der Waals surface area contributed by atoms with Gasteiger partial charge in [0.1, 0.15) is 0 Å². The molecular formula is C15H21Cl2NOS. The molecule has 0 aromatic heterocycles. The van der Waals surface area contributed by atoms with E-state index in [-0.39, 0.29) is 0 Å². The summed E-state index contributed by atoms with van der Waals surface area (Å²) in [7, 11) is 0.924. The Morgan fingerprint density at radius 1 is 1.25 bits per heavy atom. The number of halogens is 2. The molecule has 0 spiro atoms. The molecule has 2 atom stereocenters. The van der Waals surface area contributed by atoms with Crippen LogP contribution >= 0.6 is 23.2 Å². The van der Waals surface area contributed by atoms with Crippen molar-refractivity contribution in [1.29, 1.82) is 0 Å². The normalized spacial score (nSPS) is 19.8. The van der Waals surface area contributed by atoms with Crippen LogP contribution in [0.4, 0.5) is 0 Å². The summed E-state index contributed by atoms with van der Waals surface area (Å²) >= 11 is 11.9. The molecule has 1 aromatic carbocycles. The highest BCUT2D eigenvalue weighted by Crippen LogP contribution is 2.28. The highest BCUT2D eigenvalue weighted by molar-refractivity contribution is 7.85. The van der Waals surface area contributed by atoms with E-state index in [1.807, 2.05) is 7.05 Å². The van der Waals surface area contributed by atoms with Gasteiger partial charge in [0.15, 0.2) is 0 Å². The zero-order valence-electron chi connectivity index (χ0n) is 11.7. The standard InChI is InChI=1S/C15H21Cl2NOS/c1-18-15(11-5-3-2-4-6-11)10-20(19)12-7-8-13(16)14(17)9-12/h7-9,11,15,18H,2-6,10H2,1H3. The first kappa shape index (κ1) is 16.3. The molecule has 20 heavy (non-hydrogen) atoms. The lowest BCUT2D eigenvalue weighted by molar-refractivity contribution is 0.294. The zero-order chi connectivity index (χ0) is 14.5. The monoisotopic (exact) mass is 333 g/mol. The molecule has 0 heterocycles. The maximum Gasteiger partial charge on any atom is 0.0604 e. The number of hydrogen-bond donors (Lipinski definition) is 1. The van der Waals surface area contributed by atoms with Gasteiger partial charge in [0.2, 0.25) is 0 Å². The van der Waals surface area contributed by atoms with E-state index in [9.17, 15) is 4.21 Å². The molecule has 112 valence electrons. The van der Waals surface area contributed by atoms with E-state index in [0.29, 0.717) is 27.8 Å². The first-order valence-corrected chi connectivity index (χ1v) is 9.20. The predicted octanol–water partition coefficient (Wildman–Crippen LogP) is 4.27. The minimum Gasteiger partial charge on any atom is -0.316 e. The van der Waals surface area contributed by atoms with E-state index in [2.05, 4.69) is 5.32 Å². The van der Waals surface area contributed by atoms with Crippen molar-refractivity contribution in [3.05, 3.63) is 28.2 Å². The number of benzene rings is 1. The van der Waals surface area contributed by atoms with Crippen LogP contribution in [0.1, 0.15) is 32.1 Å². The minimum absolute atomic E-state index is 0.311. The van der Waals surface area contributed by atoms with Crippen LogP contribution in [-0.4, -0.2) is 23.1 Å². The van der Waals surface area contributed by atoms with Crippen molar-refractivity contribution in [2.75, 3.05) is 12.8 Å². The molecule has 2 rings (SSSR count). The lowest BCUT2D eigenvalue weighted by Crippen LogP contribution is -2.39. The minimum atomic E-state index is -1.04. The van der Waals surface area contributed by atoms with E-state index < -0.39 is 10.8 Å². The van der Waals surface area contributed by atoms with Crippen molar-refractivity contribution in [2.45, 2.75) is 43.0 Å². The van der Waals surface area contributed by atoms with Gasteiger partial charge in [0, 0.05) is 16.7 Å². The van der Waals surface area contributed by atoms with E-state index in [0.717, 1.165) is 4.90 Å². The fraction of sp³-hybridized carbons (Fsp3) is 0.600. The van der Waals surface area contributed by atoms with Gasteiger partial charge in [0.05, 0.1) is 20.8 Å². The van der Waals surface area contributed by atoms with E-state index in [1.165, 1.54) is 32.1 Å². The summed E-state index contributed by atoms with van der Waals surface area (Å²) in [5.41, 5.74) is 0. The van der Waals surface area contributed by atoms with Gasteiger partial charge in [-0.05, 0) is 44.0 Å². The van der Waals surface area contributed by atoms with Crippen LogP contribution in [0.25, 0.3) is 0 Å². The van der Waals surface area contributed by atoms with Crippen LogP contribution in [0, 0.1) is 5.92 Å². The summed E-state index contributed by atoms with van der Waals surface area (Å²) in [4.78, 5) is 0.760. The highest BCUT2D eigenvalue weighted by atomic mass is 35.5. The highest BCUT2D eigenvalue weighted by Gasteiger charge is 2.24. The van der Waals surface area contributed by atoms with Gasteiger partial charge in [-0.25, -0.2) is 0 Å². The molecule has 1 saturated carbocycles. The summed E-state index contributed by atoms with van der Waals surface area (Å²) in [5.74, 6) is 1.28. The third kappa shape index (κ3) is 4.20. The van der Waals surface area contributed by atoms with Crippen LogP contribution in [0.2, 0.25) is 10.0 Å². The van der Waals surface area contributed by atoms with E-state index >= 15 is 0 Å². The molecular weight excluding hydrogens is 313 g/mol. The molecule has 0 aliphatic heterocycles. The molecule has 0 saturated heterocycles. The third-order valence-corrected chi connectivity index (χ3v) is 6.26. The lowest BCUT2D eigenvalue weighted by Gasteiger charge is -2.29. The zero-order valence-corrected chi connectivity index (χ0v) is 14.0. The first-order valence-electron chi connectivity index (χ1n) is 7.12. The van der Waals surface area contributed by atoms with Crippen molar-refractivity contribution in [1.82, 2.24) is 5.32 Å². The van der Waals surface area contributed by atoms with Crippen molar-refractivity contribution in [3.8, 4) is 0 Å². The van der Waals surface area contributed by atoms with Crippen LogP contribution in [0.3, 0.4) is 0 Å². The van der Waals surface area contributed by atoms with Crippen molar-refractivity contribution in [2.24, 2.45) is 5.92 Å². The SMILES string of the molecule is CNC(CS(=O)c1ccc(Cl)c(Cl)c1)C1CCCCC1. The molecule has 2 unspecified atom stereocenters. The van der Waals surface area contributed by atoms with Gasteiger partial charge in [-0.15, -0.1) is 0 Å². The summed E-state index contributed by atoms with van der Waals surface area (Å²) in [6.45, 7) is 0. The number of nitrogens with one attached hydrogen (secondary N) is 1. The second kappa shape index (κ2) is 7.79. The predicted molar refractivity (Wildman–Crippen MR) is 87.2 cm³/mol. The Kier molecular flexibility index (Phi) is 6.34. The van der Waals surface area contributed by atoms with Crippen LogP contribution in [-0.2, 0) is 10.8 Å². The largest absolute Gasteiger partial charge is 0.316 e. The van der Waals surface area contributed by atoms with Gasteiger partial charge >= 0.3 is 0 Å². The maximum atomic E-state index is 12.5. The Hall–Kier alpha value is -0.0900. The Labute approximate surface area is 133 Å². The van der Waals surface area contributed by atoms with Crippen LogP contribution in [0.15, 0.2) is 23.1 Å². The first-order chi connectivity index (χ1) is 9.61. The summed E-state index contributed by atoms with van der Waals surface area (Å²) in [6.07, 6.45) is 6.40. The summed E-state index contributed by atoms with van der Waals surface area (Å²) in [6, 6.07) is 5.54. The smallest absolute Gasteiger partial charge is 0.0604 e. The molecule has 1 aromatic rings. The number of rotatable bonds is 5. The van der Waals surface area contributed by atoms with Gasteiger partial charge in [0.25, 0.3) is 0 Å². The van der Waals surface area contributed by atoms with Crippen molar-refractivity contribution in [3.63, 3.8) is 0 Å². The van der Waals surface area contributed by atoms with Crippen molar-refractivity contribution >= 4 is 34.0 Å². The number of hydrogen-bond acceptors (Lipinski definition) is 2. The second-order valence-corrected chi connectivity index (χ2v) is 7.69. The molecule has 5 heteroatoms. The van der Waals surface area contributed by atoms with Gasteiger partial charge < -0.3 is 5.32 Å².